The number of nitrogens with one attached hydrogen (secondary N) is 2. The van der Waals surface area contributed by atoms with Crippen molar-refractivity contribution in [3.63, 3.8) is 0 Å². The highest BCUT2D eigenvalue weighted by Gasteiger charge is 2.23. The Kier molecular flexibility index (Phi) is 5.44. The summed E-state index contributed by atoms with van der Waals surface area (Å²) in [5.74, 6) is -3.45. The molecule has 0 aliphatic rings. The van der Waals surface area contributed by atoms with E-state index in [4.69, 9.17) is 10.2 Å². The van der Waals surface area contributed by atoms with E-state index in [0.29, 0.717) is 4.47 Å². The zero-order chi connectivity index (χ0) is 15.3. The second-order valence-corrected chi connectivity index (χ2v) is 4.57. The third-order valence-electron chi connectivity index (χ3n) is 2.16. The van der Waals surface area contributed by atoms with E-state index in [9.17, 15) is 18.8 Å². The standard InChI is InChI=1S/C11H10BrFN2O5/c12-6-2-1-5(13)3-7(6)14-11(20)15-8(10(18)19)4-9(16)17/h1-3,8H,4H2,(H,16,17)(H,18,19)(H2,14,15,20)/t8-/m0/s1. The highest BCUT2D eigenvalue weighted by Crippen LogP contribution is 2.22. The molecule has 0 aliphatic carbocycles. The molecule has 0 radical (unpaired) electrons. The molecular weight excluding hydrogens is 339 g/mol. The predicted molar refractivity (Wildman–Crippen MR) is 69.9 cm³/mol. The molecule has 0 heterocycles. The van der Waals surface area contributed by atoms with E-state index < -0.39 is 36.2 Å². The van der Waals surface area contributed by atoms with E-state index in [1.54, 1.807) is 0 Å². The lowest BCUT2D eigenvalue weighted by atomic mass is 10.2. The lowest BCUT2D eigenvalue weighted by Gasteiger charge is -2.14. The van der Waals surface area contributed by atoms with Crippen LogP contribution in [0.15, 0.2) is 22.7 Å². The first-order chi connectivity index (χ1) is 9.29. The molecular formula is C11H10BrFN2O5. The van der Waals surface area contributed by atoms with Gasteiger partial charge in [-0.25, -0.2) is 14.0 Å². The number of urea groups is 1. The molecule has 0 saturated heterocycles. The van der Waals surface area contributed by atoms with Gasteiger partial charge in [-0.2, -0.15) is 0 Å². The van der Waals surface area contributed by atoms with Crippen molar-refractivity contribution in [1.29, 1.82) is 0 Å². The predicted octanol–water partition coefficient (Wildman–Crippen LogP) is 1.64. The van der Waals surface area contributed by atoms with Crippen LogP contribution in [0.3, 0.4) is 0 Å². The van der Waals surface area contributed by atoms with Gasteiger partial charge < -0.3 is 20.8 Å². The van der Waals surface area contributed by atoms with Crippen molar-refractivity contribution in [2.75, 3.05) is 5.32 Å². The summed E-state index contributed by atoms with van der Waals surface area (Å²) in [4.78, 5) is 32.8. The summed E-state index contributed by atoms with van der Waals surface area (Å²) >= 11 is 3.07. The van der Waals surface area contributed by atoms with Gasteiger partial charge in [0.05, 0.1) is 12.1 Å². The maximum atomic E-state index is 13.0. The Morgan fingerprint density at radius 2 is 1.95 bits per heavy atom. The van der Waals surface area contributed by atoms with Gasteiger partial charge in [-0.05, 0) is 34.1 Å². The van der Waals surface area contributed by atoms with Crippen LogP contribution >= 0.6 is 15.9 Å². The minimum absolute atomic E-state index is 0.0852. The quantitative estimate of drug-likeness (QED) is 0.645. The Balaban J connectivity index is 2.72. The fourth-order valence-electron chi connectivity index (χ4n) is 1.28. The van der Waals surface area contributed by atoms with Gasteiger partial charge in [0.25, 0.3) is 0 Å². The van der Waals surface area contributed by atoms with Crippen LogP contribution in [0.4, 0.5) is 14.9 Å². The van der Waals surface area contributed by atoms with Crippen LogP contribution in [-0.4, -0.2) is 34.2 Å². The van der Waals surface area contributed by atoms with E-state index in [-0.39, 0.29) is 5.69 Å². The van der Waals surface area contributed by atoms with E-state index in [0.717, 1.165) is 12.1 Å². The molecule has 0 aliphatic heterocycles. The topological polar surface area (TPSA) is 116 Å². The van der Waals surface area contributed by atoms with Gasteiger partial charge in [0.2, 0.25) is 0 Å². The van der Waals surface area contributed by atoms with Crippen LogP contribution in [-0.2, 0) is 9.59 Å². The molecule has 1 aromatic carbocycles. The Hall–Kier alpha value is -2.16. The van der Waals surface area contributed by atoms with Crippen molar-refractivity contribution in [3.05, 3.63) is 28.5 Å². The Morgan fingerprint density at radius 3 is 2.50 bits per heavy atom. The smallest absolute Gasteiger partial charge is 0.326 e. The van der Waals surface area contributed by atoms with Gasteiger partial charge in [0.15, 0.2) is 0 Å². The number of anilines is 1. The summed E-state index contributed by atoms with van der Waals surface area (Å²) < 4.78 is 13.4. The molecule has 0 fully saturated rings. The first kappa shape index (κ1) is 15.9. The lowest BCUT2D eigenvalue weighted by molar-refractivity contribution is -0.145. The largest absolute Gasteiger partial charge is 0.481 e. The van der Waals surface area contributed by atoms with Crippen molar-refractivity contribution in [3.8, 4) is 0 Å². The van der Waals surface area contributed by atoms with Crippen molar-refractivity contribution < 1.29 is 29.0 Å². The number of hydrogen-bond donors (Lipinski definition) is 4. The highest BCUT2D eigenvalue weighted by atomic mass is 79.9. The number of rotatable bonds is 5. The van der Waals surface area contributed by atoms with E-state index in [2.05, 4.69) is 21.2 Å². The van der Waals surface area contributed by atoms with Crippen molar-refractivity contribution >= 4 is 39.6 Å². The molecule has 4 N–H and O–H groups in total. The summed E-state index contributed by atoms with van der Waals surface area (Å²) in [5.41, 5.74) is 0.0852. The van der Waals surface area contributed by atoms with Gasteiger partial charge >= 0.3 is 18.0 Å². The molecule has 1 atom stereocenters. The number of carboxylic acid groups (broad SMARTS) is 2. The van der Waals surface area contributed by atoms with Crippen LogP contribution in [0.25, 0.3) is 0 Å². The molecule has 7 nitrogen and oxygen atoms in total. The first-order valence-corrected chi connectivity index (χ1v) is 6.06. The van der Waals surface area contributed by atoms with E-state index >= 15 is 0 Å². The molecule has 1 aromatic rings. The lowest BCUT2D eigenvalue weighted by Crippen LogP contribution is -2.44. The molecule has 0 unspecified atom stereocenters. The van der Waals surface area contributed by atoms with Crippen LogP contribution in [0.5, 0.6) is 0 Å². The monoisotopic (exact) mass is 348 g/mol. The van der Waals surface area contributed by atoms with Crippen molar-refractivity contribution in [1.82, 2.24) is 5.32 Å². The second-order valence-electron chi connectivity index (χ2n) is 3.71. The van der Waals surface area contributed by atoms with Gasteiger partial charge in [-0.1, -0.05) is 0 Å². The number of carbonyl (C=O) groups excluding carboxylic acids is 1. The highest BCUT2D eigenvalue weighted by molar-refractivity contribution is 9.10. The maximum Gasteiger partial charge on any atom is 0.326 e. The van der Waals surface area contributed by atoms with Gasteiger partial charge in [-0.3, -0.25) is 4.79 Å². The fraction of sp³-hybridized carbons (Fsp3) is 0.182. The Labute approximate surface area is 120 Å². The van der Waals surface area contributed by atoms with Crippen LogP contribution in [0.2, 0.25) is 0 Å². The number of amides is 2. The zero-order valence-corrected chi connectivity index (χ0v) is 11.5. The summed E-state index contributed by atoms with van der Waals surface area (Å²) in [7, 11) is 0. The SMILES string of the molecule is O=C(O)C[C@H](NC(=O)Nc1cc(F)ccc1Br)C(=O)O. The summed E-state index contributed by atoms with van der Waals surface area (Å²) in [6, 6.07) is 1.01. The molecule has 0 spiro atoms. The average molecular weight is 349 g/mol. The molecule has 0 saturated carbocycles. The molecule has 108 valence electrons. The third-order valence-corrected chi connectivity index (χ3v) is 2.85. The normalized spacial score (nSPS) is 11.5. The summed E-state index contributed by atoms with van der Waals surface area (Å²) in [6.45, 7) is 0. The molecule has 1 rings (SSSR count). The average Bonchev–Trinajstić information content (AvgIpc) is 2.32. The van der Waals surface area contributed by atoms with E-state index in [1.165, 1.54) is 6.07 Å². The minimum Gasteiger partial charge on any atom is -0.481 e. The molecule has 9 heteroatoms. The maximum absolute atomic E-state index is 13.0. The first-order valence-electron chi connectivity index (χ1n) is 5.26. The van der Waals surface area contributed by atoms with Crippen LogP contribution in [0.1, 0.15) is 6.42 Å². The number of hydrogen-bond acceptors (Lipinski definition) is 3. The molecule has 0 bridgehead atoms. The van der Waals surface area contributed by atoms with Gasteiger partial charge in [0, 0.05) is 4.47 Å². The minimum atomic E-state index is -1.58. The second kappa shape index (κ2) is 6.85. The number of aliphatic carboxylic acids is 2. The van der Waals surface area contributed by atoms with Gasteiger partial charge in [0.1, 0.15) is 11.9 Å². The van der Waals surface area contributed by atoms with Crippen LogP contribution < -0.4 is 10.6 Å². The number of benzene rings is 1. The molecule has 0 aromatic heterocycles. The number of halogens is 2. The van der Waals surface area contributed by atoms with Crippen molar-refractivity contribution in [2.45, 2.75) is 12.5 Å². The third kappa shape index (κ3) is 4.84. The fourth-order valence-corrected chi connectivity index (χ4v) is 1.63. The van der Waals surface area contributed by atoms with Crippen LogP contribution in [0, 0.1) is 5.82 Å². The number of carbonyl (C=O) groups is 3. The van der Waals surface area contributed by atoms with E-state index in [1.807, 2.05) is 5.32 Å². The Bertz CT molecular complexity index is 552. The van der Waals surface area contributed by atoms with Crippen molar-refractivity contribution in [2.24, 2.45) is 0 Å². The number of carboxylic acids is 2. The summed E-state index contributed by atoms with van der Waals surface area (Å²) in [6.07, 6.45) is -0.771. The van der Waals surface area contributed by atoms with Gasteiger partial charge in [-0.15, -0.1) is 0 Å². The zero-order valence-electron chi connectivity index (χ0n) is 9.89. The molecule has 20 heavy (non-hydrogen) atoms. The summed E-state index contributed by atoms with van der Waals surface area (Å²) in [5, 5.41) is 21.5. The Morgan fingerprint density at radius 1 is 1.30 bits per heavy atom. The molecule has 2 amide bonds.